The van der Waals surface area contributed by atoms with Gasteiger partial charge in [-0.25, -0.2) is 4.68 Å². The zero-order chi connectivity index (χ0) is 25.8. The van der Waals surface area contributed by atoms with Crippen molar-refractivity contribution < 1.29 is 9.53 Å². The number of rotatable bonds is 8. The summed E-state index contributed by atoms with van der Waals surface area (Å²) in [6.45, 7) is 6.63. The van der Waals surface area contributed by atoms with Crippen LogP contribution < -0.4 is 4.74 Å². The molecule has 1 fully saturated rings. The number of carbonyl (C=O) groups excluding carboxylic acids is 1. The van der Waals surface area contributed by atoms with E-state index in [4.69, 9.17) is 22.1 Å². The molecule has 0 aliphatic carbocycles. The van der Waals surface area contributed by atoms with Gasteiger partial charge in [0.2, 0.25) is 0 Å². The van der Waals surface area contributed by atoms with Gasteiger partial charge in [0.25, 0.3) is 5.91 Å². The van der Waals surface area contributed by atoms with Gasteiger partial charge < -0.3 is 4.74 Å². The maximum Gasteiger partial charge on any atom is 0.266 e. The van der Waals surface area contributed by atoms with E-state index < -0.39 is 0 Å². The summed E-state index contributed by atoms with van der Waals surface area (Å²) >= 11 is 6.90. The minimum absolute atomic E-state index is 0.0952. The lowest BCUT2D eigenvalue weighted by Crippen LogP contribution is -2.27. The van der Waals surface area contributed by atoms with Crippen LogP contribution in [-0.2, 0) is 11.3 Å². The van der Waals surface area contributed by atoms with Crippen molar-refractivity contribution >= 4 is 40.3 Å². The van der Waals surface area contributed by atoms with Crippen LogP contribution in [0.15, 0.2) is 103 Å². The van der Waals surface area contributed by atoms with Crippen LogP contribution in [0.5, 0.6) is 5.75 Å². The standard InChI is InChI=1S/C30H25N3O2S2/c1-3-16-35-25-14-15-26(21(2)17-25)28-23(20-33(31-28)24-12-8-5-9-13-24)18-27-29(34)32(30(36)37-27)19-22-10-6-4-7-11-22/h3-15,17-18,20H,1,16,19H2,2H3. The summed E-state index contributed by atoms with van der Waals surface area (Å²) in [5.74, 6) is 0.675. The number of amides is 1. The fraction of sp³-hybridized carbons (Fsp3) is 0.100. The Labute approximate surface area is 226 Å². The third kappa shape index (κ3) is 5.43. The van der Waals surface area contributed by atoms with Crippen molar-refractivity contribution in [1.29, 1.82) is 0 Å². The summed E-state index contributed by atoms with van der Waals surface area (Å²) in [5.41, 5.74) is 5.57. The minimum Gasteiger partial charge on any atom is -0.490 e. The fourth-order valence-corrected chi connectivity index (χ4v) is 5.35. The van der Waals surface area contributed by atoms with Crippen LogP contribution in [0.2, 0.25) is 0 Å². The third-order valence-corrected chi connectivity index (χ3v) is 7.31. The van der Waals surface area contributed by atoms with Crippen molar-refractivity contribution in [2.45, 2.75) is 13.5 Å². The first-order chi connectivity index (χ1) is 18.0. The maximum atomic E-state index is 13.4. The lowest BCUT2D eigenvalue weighted by molar-refractivity contribution is -0.122. The number of carbonyl (C=O) groups is 1. The van der Waals surface area contributed by atoms with Crippen LogP contribution >= 0.6 is 24.0 Å². The number of nitrogens with zero attached hydrogens (tertiary/aromatic N) is 3. The zero-order valence-electron chi connectivity index (χ0n) is 20.3. The largest absolute Gasteiger partial charge is 0.490 e. The molecule has 184 valence electrons. The van der Waals surface area contributed by atoms with Crippen LogP contribution in [0, 0.1) is 6.92 Å². The Morgan fingerprint density at radius 2 is 1.78 bits per heavy atom. The molecule has 37 heavy (non-hydrogen) atoms. The summed E-state index contributed by atoms with van der Waals surface area (Å²) in [7, 11) is 0. The number of aryl methyl sites for hydroxylation is 1. The van der Waals surface area contributed by atoms with Crippen LogP contribution in [0.25, 0.3) is 23.0 Å². The molecule has 0 unspecified atom stereocenters. The molecule has 3 aromatic carbocycles. The van der Waals surface area contributed by atoms with Gasteiger partial charge in [0, 0.05) is 17.3 Å². The average Bonchev–Trinajstić information content (AvgIpc) is 3.45. The molecule has 1 amide bonds. The monoisotopic (exact) mass is 523 g/mol. The van der Waals surface area contributed by atoms with Crippen LogP contribution in [0.1, 0.15) is 16.7 Å². The van der Waals surface area contributed by atoms with Crippen LogP contribution in [0.4, 0.5) is 0 Å². The number of hydrogen-bond acceptors (Lipinski definition) is 5. The number of benzene rings is 3. The molecular formula is C30H25N3O2S2. The second-order valence-corrected chi connectivity index (χ2v) is 10.2. The number of ether oxygens (including phenoxy) is 1. The van der Waals surface area contributed by atoms with Crippen LogP contribution in [-0.4, -0.2) is 31.5 Å². The molecule has 1 aromatic heterocycles. The van der Waals surface area contributed by atoms with Crippen molar-refractivity contribution in [3.05, 3.63) is 119 Å². The molecular weight excluding hydrogens is 498 g/mol. The molecule has 0 saturated carbocycles. The predicted molar refractivity (Wildman–Crippen MR) is 155 cm³/mol. The van der Waals surface area contributed by atoms with Gasteiger partial charge in [-0.15, -0.1) is 0 Å². The molecule has 1 aliphatic heterocycles. The predicted octanol–water partition coefficient (Wildman–Crippen LogP) is 6.81. The van der Waals surface area contributed by atoms with E-state index in [0.29, 0.717) is 22.4 Å². The van der Waals surface area contributed by atoms with E-state index in [9.17, 15) is 4.79 Å². The number of thioether (sulfide) groups is 1. The van der Waals surface area contributed by atoms with Gasteiger partial charge in [0.05, 0.1) is 17.1 Å². The van der Waals surface area contributed by atoms with E-state index in [1.54, 1.807) is 11.0 Å². The van der Waals surface area contributed by atoms with Gasteiger partial charge in [-0.1, -0.05) is 85.2 Å². The summed E-state index contributed by atoms with van der Waals surface area (Å²) < 4.78 is 8.10. The molecule has 0 bridgehead atoms. The highest BCUT2D eigenvalue weighted by Crippen LogP contribution is 2.36. The molecule has 1 saturated heterocycles. The molecule has 1 aliphatic rings. The fourth-order valence-electron chi connectivity index (χ4n) is 4.11. The first-order valence-electron chi connectivity index (χ1n) is 11.8. The number of aromatic nitrogens is 2. The molecule has 0 N–H and O–H groups in total. The van der Waals surface area contributed by atoms with Crippen molar-refractivity contribution in [2.75, 3.05) is 6.61 Å². The van der Waals surface area contributed by atoms with Crippen molar-refractivity contribution in [3.63, 3.8) is 0 Å². The minimum atomic E-state index is -0.0952. The van der Waals surface area contributed by atoms with Gasteiger partial charge in [-0.05, 0) is 54.5 Å². The molecule has 0 atom stereocenters. The Morgan fingerprint density at radius 3 is 2.49 bits per heavy atom. The molecule has 0 radical (unpaired) electrons. The van der Waals surface area contributed by atoms with Crippen molar-refractivity contribution in [2.24, 2.45) is 0 Å². The van der Waals surface area contributed by atoms with E-state index in [1.165, 1.54) is 11.8 Å². The molecule has 5 nitrogen and oxygen atoms in total. The van der Waals surface area contributed by atoms with E-state index in [1.807, 2.05) is 103 Å². The van der Waals surface area contributed by atoms with Gasteiger partial charge in [0.15, 0.2) is 0 Å². The molecule has 4 aromatic rings. The van der Waals surface area contributed by atoms with E-state index in [2.05, 4.69) is 6.58 Å². The normalized spacial score (nSPS) is 14.4. The number of para-hydroxylation sites is 1. The highest BCUT2D eigenvalue weighted by molar-refractivity contribution is 8.26. The Bertz CT molecular complexity index is 1490. The second-order valence-electron chi connectivity index (χ2n) is 8.54. The van der Waals surface area contributed by atoms with Gasteiger partial charge in [0.1, 0.15) is 22.4 Å². The first kappa shape index (κ1) is 24.7. The summed E-state index contributed by atoms with van der Waals surface area (Å²) in [6.07, 6.45) is 5.57. The topological polar surface area (TPSA) is 47.4 Å². The average molecular weight is 524 g/mol. The highest BCUT2D eigenvalue weighted by atomic mass is 32.2. The second kappa shape index (κ2) is 11.0. The van der Waals surface area contributed by atoms with E-state index in [-0.39, 0.29) is 5.91 Å². The number of hydrogen-bond donors (Lipinski definition) is 0. The van der Waals surface area contributed by atoms with Crippen molar-refractivity contribution in [1.82, 2.24) is 14.7 Å². The Balaban J connectivity index is 1.53. The first-order valence-corrected chi connectivity index (χ1v) is 13.0. The summed E-state index contributed by atoms with van der Waals surface area (Å²) in [5, 5.41) is 4.92. The van der Waals surface area contributed by atoms with Gasteiger partial charge in [-0.3, -0.25) is 9.69 Å². The Kier molecular flexibility index (Phi) is 7.35. The van der Waals surface area contributed by atoms with Gasteiger partial charge in [-0.2, -0.15) is 5.10 Å². The quantitative estimate of drug-likeness (QED) is 0.144. The lowest BCUT2D eigenvalue weighted by Gasteiger charge is -2.14. The summed E-state index contributed by atoms with van der Waals surface area (Å²) in [6, 6.07) is 25.7. The highest BCUT2D eigenvalue weighted by Gasteiger charge is 2.32. The van der Waals surface area contributed by atoms with Crippen molar-refractivity contribution in [3.8, 4) is 22.7 Å². The molecule has 2 heterocycles. The molecule has 7 heteroatoms. The smallest absolute Gasteiger partial charge is 0.266 e. The lowest BCUT2D eigenvalue weighted by atomic mass is 10.0. The number of thiocarbonyl (C=S) groups is 1. The SMILES string of the molecule is C=CCOc1ccc(-c2nn(-c3ccccc3)cc2C=C2SC(=S)N(Cc3ccccc3)C2=O)c(C)c1. The molecule has 5 rings (SSSR count). The zero-order valence-corrected chi connectivity index (χ0v) is 22.0. The van der Waals surface area contributed by atoms with E-state index >= 15 is 0 Å². The van der Waals surface area contributed by atoms with Crippen LogP contribution in [0.3, 0.4) is 0 Å². The van der Waals surface area contributed by atoms with E-state index in [0.717, 1.165) is 39.4 Å². The third-order valence-electron chi connectivity index (χ3n) is 5.93. The van der Waals surface area contributed by atoms with Gasteiger partial charge >= 0.3 is 0 Å². The Morgan fingerprint density at radius 1 is 1.05 bits per heavy atom. The maximum absolute atomic E-state index is 13.4. The Hall–Kier alpha value is -3.94. The summed E-state index contributed by atoms with van der Waals surface area (Å²) in [4.78, 5) is 15.6. The molecule has 0 spiro atoms.